The second-order valence-corrected chi connectivity index (χ2v) is 6.64. The van der Waals surface area contributed by atoms with Gasteiger partial charge in [-0.25, -0.2) is 0 Å². The summed E-state index contributed by atoms with van der Waals surface area (Å²) in [4.78, 5) is 14.5. The third-order valence-corrected chi connectivity index (χ3v) is 4.47. The number of aryl methyl sites for hydroxylation is 1. The Kier molecular flexibility index (Phi) is 5.13. The largest absolute Gasteiger partial charge is 0.368 e. The summed E-state index contributed by atoms with van der Waals surface area (Å²) < 4.78 is 2.08. The first-order valence-electron chi connectivity index (χ1n) is 7.77. The lowest BCUT2D eigenvalue weighted by atomic mass is 10.2. The van der Waals surface area contributed by atoms with Crippen LogP contribution in [0.15, 0.2) is 35.5 Å². The Morgan fingerprint density at radius 2 is 1.84 bits per heavy atom. The molecule has 2 heterocycles. The summed E-state index contributed by atoms with van der Waals surface area (Å²) in [6.45, 7) is 2.68. The number of hydrogen-bond donors (Lipinski definition) is 1. The minimum Gasteiger partial charge on any atom is -0.368 e. The lowest BCUT2D eigenvalue weighted by Gasteiger charge is -2.11. The molecule has 2 N–H and O–H groups in total. The van der Waals surface area contributed by atoms with Crippen molar-refractivity contribution in [1.82, 2.24) is 29.7 Å². The molecule has 0 saturated carbocycles. The minimum absolute atomic E-state index is 0.219. The van der Waals surface area contributed by atoms with Gasteiger partial charge in [0, 0.05) is 14.1 Å². The number of rotatable bonds is 6. The van der Waals surface area contributed by atoms with Crippen LogP contribution in [0.3, 0.4) is 0 Å². The smallest absolute Gasteiger partial charge is 0.229 e. The van der Waals surface area contributed by atoms with Crippen LogP contribution < -0.4 is 10.6 Å². The highest BCUT2D eigenvalue weighted by molar-refractivity contribution is 7.98. The quantitative estimate of drug-likeness (QED) is 0.667. The van der Waals surface area contributed by atoms with Crippen molar-refractivity contribution in [3.63, 3.8) is 0 Å². The fourth-order valence-corrected chi connectivity index (χ4v) is 3.07. The summed E-state index contributed by atoms with van der Waals surface area (Å²) >= 11 is 1.53. The topological polar surface area (TPSA) is 98.6 Å². The Morgan fingerprint density at radius 3 is 2.56 bits per heavy atom. The zero-order valence-electron chi connectivity index (χ0n) is 14.4. The SMILES string of the molecule is Cc1nnc(SCc2nc(N)nc(N(C)C)n2)n1Cc1ccccc1. The average Bonchev–Trinajstić information content (AvgIpc) is 2.93. The van der Waals surface area contributed by atoms with Gasteiger partial charge in [0.2, 0.25) is 11.9 Å². The second-order valence-electron chi connectivity index (χ2n) is 5.69. The number of aromatic nitrogens is 6. The molecule has 0 aliphatic rings. The molecular formula is C16H20N8S. The molecule has 0 atom stereocenters. The van der Waals surface area contributed by atoms with Crippen LogP contribution in [-0.2, 0) is 12.3 Å². The van der Waals surface area contributed by atoms with E-state index in [1.54, 1.807) is 4.90 Å². The van der Waals surface area contributed by atoms with E-state index in [0.717, 1.165) is 17.5 Å². The molecule has 3 aromatic rings. The van der Waals surface area contributed by atoms with Gasteiger partial charge in [0.1, 0.15) is 11.6 Å². The predicted molar refractivity (Wildman–Crippen MR) is 98.4 cm³/mol. The van der Waals surface area contributed by atoms with Crippen molar-refractivity contribution in [3.8, 4) is 0 Å². The van der Waals surface area contributed by atoms with E-state index in [1.165, 1.54) is 17.3 Å². The molecule has 2 aromatic heterocycles. The third kappa shape index (κ3) is 4.24. The van der Waals surface area contributed by atoms with E-state index in [-0.39, 0.29) is 5.95 Å². The van der Waals surface area contributed by atoms with E-state index < -0.39 is 0 Å². The van der Waals surface area contributed by atoms with Gasteiger partial charge in [-0.3, -0.25) is 0 Å². The summed E-state index contributed by atoms with van der Waals surface area (Å²) in [5.74, 6) is 2.80. The summed E-state index contributed by atoms with van der Waals surface area (Å²) in [5.41, 5.74) is 6.97. The Bertz CT molecular complexity index is 847. The molecule has 3 rings (SSSR count). The van der Waals surface area contributed by atoms with Crippen molar-refractivity contribution in [2.45, 2.75) is 24.4 Å². The third-order valence-electron chi connectivity index (χ3n) is 3.50. The van der Waals surface area contributed by atoms with Crippen molar-refractivity contribution in [3.05, 3.63) is 47.5 Å². The van der Waals surface area contributed by atoms with Gasteiger partial charge < -0.3 is 15.2 Å². The van der Waals surface area contributed by atoms with E-state index in [2.05, 4.69) is 41.8 Å². The van der Waals surface area contributed by atoms with Crippen LogP contribution in [0.25, 0.3) is 0 Å². The summed E-state index contributed by atoms with van der Waals surface area (Å²) in [7, 11) is 3.73. The Morgan fingerprint density at radius 1 is 1.08 bits per heavy atom. The standard InChI is InChI=1S/C16H20N8S/c1-11-21-22-16(24(11)9-12-7-5-4-6-8-12)25-10-13-18-14(17)20-15(19-13)23(2)3/h4-8H,9-10H2,1-3H3,(H2,17,18,19,20). The van der Waals surface area contributed by atoms with Crippen LogP contribution in [-0.4, -0.2) is 43.8 Å². The fraction of sp³-hybridized carbons (Fsp3) is 0.312. The number of nitrogens with two attached hydrogens (primary N) is 1. The second kappa shape index (κ2) is 7.47. The highest BCUT2D eigenvalue weighted by Crippen LogP contribution is 2.22. The number of nitrogen functional groups attached to an aromatic ring is 1. The first-order chi connectivity index (χ1) is 12.0. The first kappa shape index (κ1) is 17.2. The van der Waals surface area contributed by atoms with Crippen molar-refractivity contribution in [2.24, 2.45) is 0 Å². The number of nitrogens with zero attached hydrogens (tertiary/aromatic N) is 7. The molecule has 0 fully saturated rings. The zero-order valence-corrected chi connectivity index (χ0v) is 15.2. The monoisotopic (exact) mass is 356 g/mol. The molecule has 0 saturated heterocycles. The lowest BCUT2D eigenvalue weighted by Crippen LogP contribution is -2.16. The van der Waals surface area contributed by atoms with Crippen LogP contribution in [0.4, 0.5) is 11.9 Å². The minimum atomic E-state index is 0.219. The summed E-state index contributed by atoms with van der Waals surface area (Å²) in [5, 5.41) is 9.29. The molecule has 0 aliphatic heterocycles. The van der Waals surface area contributed by atoms with Crippen LogP contribution in [0.1, 0.15) is 17.2 Å². The summed E-state index contributed by atoms with van der Waals surface area (Å²) in [6, 6.07) is 10.2. The van der Waals surface area contributed by atoms with Gasteiger partial charge in [0.15, 0.2) is 5.16 Å². The lowest BCUT2D eigenvalue weighted by molar-refractivity contribution is 0.688. The van der Waals surface area contributed by atoms with Gasteiger partial charge in [0.25, 0.3) is 0 Å². The van der Waals surface area contributed by atoms with Crippen LogP contribution in [0, 0.1) is 6.92 Å². The highest BCUT2D eigenvalue weighted by atomic mass is 32.2. The maximum absolute atomic E-state index is 5.77. The molecule has 25 heavy (non-hydrogen) atoms. The Labute approximate surface area is 150 Å². The maximum Gasteiger partial charge on any atom is 0.229 e. The molecule has 1 aromatic carbocycles. The summed E-state index contributed by atoms with van der Waals surface area (Å²) in [6.07, 6.45) is 0. The molecule has 0 unspecified atom stereocenters. The average molecular weight is 356 g/mol. The van der Waals surface area contributed by atoms with Gasteiger partial charge in [-0.1, -0.05) is 42.1 Å². The van der Waals surface area contributed by atoms with Crippen molar-refractivity contribution >= 4 is 23.7 Å². The number of anilines is 2. The highest BCUT2D eigenvalue weighted by Gasteiger charge is 2.12. The van der Waals surface area contributed by atoms with Gasteiger partial charge in [0.05, 0.1) is 12.3 Å². The van der Waals surface area contributed by atoms with E-state index in [4.69, 9.17) is 5.73 Å². The Hall–Kier alpha value is -2.68. The van der Waals surface area contributed by atoms with E-state index in [0.29, 0.717) is 17.5 Å². The van der Waals surface area contributed by atoms with Gasteiger partial charge >= 0.3 is 0 Å². The molecule has 130 valence electrons. The number of hydrogen-bond acceptors (Lipinski definition) is 8. The first-order valence-corrected chi connectivity index (χ1v) is 8.76. The molecule has 8 nitrogen and oxygen atoms in total. The van der Waals surface area contributed by atoms with Crippen molar-refractivity contribution in [1.29, 1.82) is 0 Å². The maximum atomic E-state index is 5.77. The molecule has 0 aliphatic carbocycles. The molecule has 0 spiro atoms. The van der Waals surface area contributed by atoms with E-state index in [9.17, 15) is 0 Å². The van der Waals surface area contributed by atoms with Crippen LogP contribution in [0.5, 0.6) is 0 Å². The van der Waals surface area contributed by atoms with Gasteiger partial charge in [-0.05, 0) is 12.5 Å². The molecule has 0 bridgehead atoms. The van der Waals surface area contributed by atoms with Crippen molar-refractivity contribution < 1.29 is 0 Å². The zero-order chi connectivity index (χ0) is 17.8. The van der Waals surface area contributed by atoms with E-state index >= 15 is 0 Å². The van der Waals surface area contributed by atoms with Gasteiger partial charge in [-0.2, -0.15) is 15.0 Å². The number of thioether (sulfide) groups is 1. The van der Waals surface area contributed by atoms with Gasteiger partial charge in [-0.15, -0.1) is 10.2 Å². The molecule has 0 amide bonds. The number of benzene rings is 1. The molecular weight excluding hydrogens is 336 g/mol. The van der Waals surface area contributed by atoms with Crippen LogP contribution >= 0.6 is 11.8 Å². The Balaban J connectivity index is 1.76. The molecule has 0 radical (unpaired) electrons. The van der Waals surface area contributed by atoms with Crippen molar-refractivity contribution in [2.75, 3.05) is 24.7 Å². The van der Waals surface area contributed by atoms with E-state index in [1.807, 2.05) is 39.2 Å². The normalized spacial score (nSPS) is 10.8. The van der Waals surface area contributed by atoms with Crippen LogP contribution in [0.2, 0.25) is 0 Å². The fourth-order valence-electron chi connectivity index (χ4n) is 2.24. The predicted octanol–water partition coefficient (Wildman–Crippen LogP) is 1.76. The molecule has 9 heteroatoms.